The number of rotatable bonds is 1. The van der Waals surface area contributed by atoms with Gasteiger partial charge in [0.25, 0.3) is 10.1 Å². The van der Waals surface area contributed by atoms with Crippen molar-refractivity contribution < 1.29 is 27.7 Å². The molecule has 0 spiro atoms. The lowest BCUT2D eigenvalue weighted by Crippen LogP contribution is -2.23. The third kappa shape index (κ3) is 1.86. The molecule has 0 aliphatic heterocycles. The summed E-state index contributed by atoms with van der Waals surface area (Å²) in [6.07, 6.45) is 0. The molecule has 0 saturated heterocycles. The molecule has 106 valence electrons. The van der Waals surface area contributed by atoms with Crippen molar-refractivity contribution in [3.63, 3.8) is 0 Å². The molecule has 0 aromatic heterocycles. The van der Waals surface area contributed by atoms with Gasteiger partial charge in [-0.25, -0.2) is 0 Å². The first-order valence-corrected chi connectivity index (χ1v) is 7.28. The maximum atomic E-state index is 12.4. The zero-order chi connectivity index (χ0) is 15.4. The van der Waals surface area contributed by atoms with Gasteiger partial charge in [-0.05, 0) is 12.1 Å². The fourth-order valence-corrected chi connectivity index (χ4v) is 3.12. The first-order valence-electron chi connectivity index (χ1n) is 5.84. The summed E-state index contributed by atoms with van der Waals surface area (Å²) < 4.78 is 32.0. The van der Waals surface area contributed by atoms with E-state index in [1.165, 1.54) is 30.3 Å². The van der Waals surface area contributed by atoms with Gasteiger partial charge in [-0.3, -0.25) is 14.1 Å². The van der Waals surface area contributed by atoms with Crippen molar-refractivity contribution in [1.82, 2.24) is 0 Å². The largest absolute Gasteiger partial charge is 0.507 e. The van der Waals surface area contributed by atoms with Crippen molar-refractivity contribution >= 4 is 21.7 Å². The lowest BCUT2D eigenvalue weighted by Gasteiger charge is -2.19. The normalized spacial score (nSPS) is 13.8. The Bertz CT molecular complexity index is 911. The van der Waals surface area contributed by atoms with E-state index in [0.29, 0.717) is 0 Å². The Labute approximate surface area is 119 Å². The highest BCUT2D eigenvalue weighted by Crippen LogP contribution is 2.35. The average Bonchev–Trinajstić information content (AvgIpc) is 2.43. The second-order valence-corrected chi connectivity index (χ2v) is 5.90. The number of carbonyl (C=O) groups is 2. The molecule has 2 N–H and O–H groups in total. The topological polar surface area (TPSA) is 109 Å². The highest BCUT2D eigenvalue weighted by atomic mass is 32.2. The van der Waals surface area contributed by atoms with Crippen LogP contribution in [-0.4, -0.2) is 29.6 Å². The van der Waals surface area contributed by atoms with Gasteiger partial charge >= 0.3 is 0 Å². The van der Waals surface area contributed by atoms with E-state index in [4.69, 9.17) is 0 Å². The third-order valence-electron chi connectivity index (χ3n) is 3.29. The van der Waals surface area contributed by atoms with Crippen LogP contribution < -0.4 is 0 Å². The van der Waals surface area contributed by atoms with Crippen LogP contribution in [0.1, 0.15) is 31.8 Å². The standard InChI is InChI=1S/C14H8O6S/c15-9-5-1-3-7-11(9)13(16)8-4-2-6-10(21(18,19)20)12(8)14(7)17/h1-6,15H,(H,18,19,20). The number of carbonyl (C=O) groups excluding carboxylic acids is 2. The summed E-state index contributed by atoms with van der Waals surface area (Å²) in [6.45, 7) is 0. The molecule has 1 aliphatic rings. The van der Waals surface area contributed by atoms with E-state index in [-0.39, 0.29) is 28.0 Å². The van der Waals surface area contributed by atoms with E-state index in [9.17, 15) is 27.7 Å². The van der Waals surface area contributed by atoms with E-state index >= 15 is 0 Å². The molecule has 0 atom stereocenters. The van der Waals surface area contributed by atoms with Crippen molar-refractivity contribution in [3.05, 3.63) is 58.7 Å². The van der Waals surface area contributed by atoms with Crippen LogP contribution in [0, 0.1) is 0 Å². The van der Waals surface area contributed by atoms with Gasteiger partial charge in [0.2, 0.25) is 0 Å². The monoisotopic (exact) mass is 304 g/mol. The highest BCUT2D eigenvalue weighted by Gasteiger charge is 2.35. The second kappa shape index (κ2) is 4.24. The van der Waals surface area contributed by atoms with Crippen LogP contribution in [0.3, 0.4) is 0 Å². The maximum Gasteiger partial charge on any atom is 0.295 e. The molecule has 3 rings (SSSR count). The molecule has 6 nitrogen and oxygen atoms in total. The SMILES string of the molecule is O=C1c2cccc(S(=O)(=O)O)c2C(=O)c2cccc(O)c21. The van der Waals surface area contributed by atoms with Crippen LogP contribution in [0.2, 0.25) is 0 Å². The van der Waals surface area contributed by atoms with Gasteiger partial charge in [-0.2, -0.15) is 8.42 Å². The smallest absolute Gasteiger partial charge is 0.295 e. The summed E-state index contributed by atoms with van der Waals surface area (Å²) in [5.41, 5.74) is -0.793. The minimum absolute atomic E-state index is 0.0939. The first-order chi connectivity index (χ1) is 9.82. The van der Waals surface area contributed by atoms with Crippen molar-refractivity contribution in [2.45, 2.75) is 4.90 Å². The highest BCUT2D eigenvalue weighted by molar-refractivity contribution is 7.86. The molecular weight excluding hydrogens is 296 g/mol. The number of ketones is 2. The summed E-state index contributed by atoms with van der Waals surface area (Å²) in [4.78, 5) is 24.2. The summed E-state index contributed by atoms with van der Waals surface area (Å²) in [5, 5.41) is 9.76. The predicted molar refractivity (Wildman–Crippen MR) is 71.2 cm³/mol. The Morgan fingerprint density at radius 2 is 1.33 bits per heavy atom. The zero-order valence-corrected chi connectivity index (χ0v) is 11.2. The second-order valence-electron chi connectivity index (χ2n) is 4.51. The van der Waals surface area contributed by atoms with Gasteiger partial charge in [0, 0.05) is 11.1 Å². The molecular formula is C14H8O6S. The third-order valence-corrected chi connectivity index (χ3v) is 4.19. The summed E-state index contributed by atoms with van der Waals surface area (Å²) >= 11 is 0. The maximum absolute atomic E-state index is 12.4. The van der Waals surface area contributed by atoms with Crippen molar-refractivity contribution in [2.75, 3.05) is 0 Å². The van der Waals surface area contributed by atoms with Gasteiger partial charge in [0.05, 0.1) is 11.1 Å². The molecule has 0 fully saturated rings. The van der Waals surface area contributed by atoms with E-state index < -0.39 is 26.6 Å². The van der Waals surface area contributed by atoms with Gasteiger partial charge in [-0.15, -0.1) is 0 Å². The quantitative estimate of drug-likeness (QED) is 0.658. The lowest BCUT2D eigenvalue weighted by atomic mass is 9.83. The van der Waals surface area contributed by atoms with Gasteiger partial charge in [0.15, 0.2) is 11.6 Å². The number of phenolic OH excluding ortho intramolecular Hbond substituents is 1. The van der Waals surface area contributed by atoms with Crippen molar-refractivity contribution in [2.24, 2.45) is 0 Å². The van der Waals surface area contributed by atoms with E-state index in [1.54, 1.807) is 0 Å². The Morgan fingerprint density at radius 3 is 1.95 bits per heavy atom. The number of phenols is 1. The van der Waals surface area contributed by atoms with Crippen LogP contribution in [0.25, 0.3) is 0 Å². The van der Waals surface area contributed by atoms with E-state index in [1.807, 2.05) is 0 Å². The molecule has 0 heterocycles. The minimum atomic E-state index is -4.65. The molecule has 0 bridgehead atoms. The molecule has 7 heteroatoms. The fourth-order valence-electron chi connectivity index (χ4n) is 2.41. The van der Waals surface area contributed by atoms with Crippen LogP contribution in [-0.2, 0) is 10.1 Å². The van der Waals surface area contributed by atoms with E-state index in [0.717, 1.165) is 6.07 Å². The first kappa shape index (κ1) is 13.5. The van der Waals surface area contributed by atoms with Crippen LogP contribution in [0.4, 0.5) is 0 Å². The Kier molecular flexibility index (Phi) is 2.72. The summed E-state index contributed by atoms with van der Waals surface area (Å²) in [6, 6.07) is 7.53. The minimum Gasteiger partial charge on any atom is -0.507 e. The molecule has 0 amide bonds. The average molecular weight is 304 g/mol. The summed E-state index contributed by atoms with van der Waals surface area (Å²) in [5.74, 6) is -1.75. The van der Waals surface area contributed by atoms with Crippen LogP contribution >= 0.6 is 0 Å². The molecule has 0 radical (unpaired) electrons. The van der Waals surface area contributed by atoms with Gasteiger partial charge in [-0.1, -0.05) is 24.3 Å². The van der Waals surface area contributed by atoms with E-state index in [2.05, 4.69) is 0 Å². The number of fused-ring (bicyclic) bond motifs is 2. The van der Waals surface area contributed by atoms with Crippen LogP contribution in [0.15, 0.2) is 41.3 Å². The molecule has 1 aliphatic carbocycles. The fraction of sp³-hybridized carbons (Fsp3) is 0. The lowest BCUT2D eigenvalue weighted by molar-refractivity contribution is 0.0974. The van der Waals surface area contributed by atoms with Gasteiger partial charge in [0.1, 0.15) is 10.6 Å². The van der Waals surface area contributed by atoms with Crippen molar-refractivity contribution in [3.8, 4) is 5.75 Å². The zero-order valence-electron chi connectivity index (χ0n) is 10.4. The molecule has 21 heavy (non-hydrogen) atoms. The van der Waals surface area contributed by atoms with Gasteiger partial charge < -0.3 is 5.11 Å². The molecule has 2 aromatic carbocycles. The molecule has 2 aromatic rings. The number of aromatic hydroxyl groups is 1. The number of benzene rings is 2. The van der Waals surface area contributed by atoms with Crippen LogP contribution in [0.5, 0.6) is 5.75 Å². The molecule has 0 unspecified atom stereocenters. The Balaban J connectivity index is 2.42. The molecule has 0 saturated carbocycles. The predicted octanol–water partition coefficient (Wildman–Crippen LogP) is 1.41. The number of hydrogen-bond acceptors (Lipinski definition) is 5. The Morgan fingerprint density at radius 1 is 0.810 bits per heavy atom. The summed E-state index contributed by atoms with van der Waals surface area (Å²) in [7, 11) is -4.65. The Hall–Kier alpha value is -2.51. The van der Waals surface area contributed by atoms with Crippen molar-refractivity contribution in [1.29, 1.82) is 0 Å². The number of hydrogen-bond donors (Lipinski definition) is 2.